The topological polar surface area (TPSA) is 47.9 Å². The summed E-state index contributed by atoms with van der Waals surface area (Å²) in [6, 6.07) is 5.75. The molecule has 1 N–H and O–H groups in total. The lowest BCUT2D eigenvalue weighted by Crippen LogP contribution is -3.00. The van der Waals surface area contributed by atoms with Gasteiger partial charge in [0.25, 0.3) is 0 Å². The molecule has 4 nitrogen and oxygen atoms in total. The van der Waals surface area contributed by atoms with E-state index >= 15 is 0 Å². The molecule has 0 spiro atoms. The first kappa shape index (κ1) is 30.9. The average molecular weight is 536 g/mol. The Morgan fingerprint density at radius 2 is 1.39 bits per heavy atom. The predicted molar refractivity (Wildman–Crippen MR) is 132 cm³/mol. The standard InChI is InChI=1S/C24H43O4PSi.BrH/c1-6-11-16-29(17-12-7-2,18-13-8-3)23-19-21(25)14-15-22(23)28-20-30-24(26-9-4)27-10-5;/h14-15,19,24H,6-13,16-18,20H2,1-5H3;1H. The number of phenolic OH excluding ortho intramolecular Hbond substituents is 1. The van der Waals surface area contributed by atoms with Crippen molar-refractivity contribution in [2.24, 2.45) is 0 Å². The van der Waals surface area contributed by atoms with Crippen molar-refractivity contribution in [3.05, 3.63) is 18.2 Å². The molecule has 0 unspecified atom stereocenters. The van der Waals surface area contributed by atoms with Crippen molar-refractivity contribution in [1.29, 1.82) is 0 Å². The first-order valence-electron chi connectivity index (χ1n) is 11.9. The van der Waals surface area contributed by atoms with E-state index < -0.39 is 7.26 Å². The molecule has 0 saturated heterocycles. The first-order valence-corrected chi connectivity index (χ1v) is 15.5. The zero-order chi connectivity index (χ0) is 22.2. The maximum atomic E-state index is 10.4. The van der Waals surface area contributed by atoms with Crippen LogP contribution in [-0.2, 0) is 9.47 Å². The molecule has 0 aliphatic heterocycles. The van der Waals surface area contributed by atoms with Crippen LogP contribution in [0, 0.1) is 0 Å². The van der Waals surface area contributed by atoms with Gasteiger partial charge in [-0.3, -0.25) is 0 Å². The summed E-state index contributed by atoms with van der Waals surface area (Å²) < 4.78 is 17.7. The molecule has 0 heterocycles. The van der Waals surface area contributed by atoms with Gasteiger partial charge in [0.15, 0.2) is 15.3 Å². The minimum atomic E-state index is -1.40. The van der Waals surface area contributed by atoms with Gasteiger partial charge in [-0.2, -0.15) is 0 Å². The van der Waals surface area contributed by atoms with Crippen LogP contribution in [0.5, 0.6) is 11.5 Å². The molecule has 31 heavy (non-hydrogen) atoms. The molecular formula is C24H44BrO4PSi. The Morgan fingerprint density at radius 1 is 0.871 bits per heavy atom. The number of hydrogen-bond donors (Lipinski definition) is 1. The Hall–Kier alpha value is -0.133. The van der Waals surface area contributed by atoms with Gasteiger partial charge in [0.05, 0.1) is 32.0 Å². The molecule has 0 aliphatic rings. The van der Waals surface area contributed by atoms with Crippen LogP contribution in [0.1, 0.15) is 73.1 Å². The lowest BCUT2D eigenvalue weighted by atomic mass is 10.3. The summed E-state index contributed by atoms with van der Waals surface area (Å²) in [6.45, 7) is 12.1. The fourth-order valence-corrected chi connectivity index (χ4v) is 9.85. The van der Waals surface area contributed by atoms with E-state index in [1.165, 1.54) is 62.3 Å². The fraction of sp³-hybridized carbons (Fsp3) is 0.750. The van der Waals surface area contributed by atoms with Crippen molar-refractivity contribution in [2.75, 3.05) is 37.9 Å². The van der Waals surface area contributed by atoms with E-state index in [-0.39, 0.29) is 22.9 Å². The Kier molecular flexibility index (Phi) is 18.2. The summed E-state index contributed by atoms with van der Waals surface area (Å²) >= 11 is 0. The van der Waals surface area contributed by atoms with Gasteiger partial charge in [0.2, 0.25) is 0 Å². The second-order valence-corrected chi connectivity index (χ2v) is 13.0. The van der Waals surface area contributed by atoms with Gasteiger partial charge in [-0.15, -0.1) is 0 Å². The summed E-state index contributed by atoms with van der Waals surface area (Å²) in [5, 5.41) is 11.7. The molecular weight excluding hydrogens is 491 g/mol. The predicted octanol–water partition coefficient (Wildman–Crippen LogP) is 2.84. The minimum Gasteiger partial charge on any atom is -1.00 e. The smallest absolute Gasteiger partial charge is 0.166 e. The molecule has 0 atom stereocenters. The summed E-state index contributed by atoms with van der Waals surface area (Å²) in [5.41, 5.74) is 0. The number of rotatable bonds is 18. The fourth-order valence-electron chi connectivity index (χ4n) is 3.73. The molecule has 0 fully saturated rings. The first-order chi connectivity index (χ1) is 14.6. The van der Waals surface area contributed by atoms with Crippen molar-refractivity contribution in [3.8, 4) is 11.5 Å². The second kappa shape index (κ2) is 18.3. The average Bonchev–Trinajstić information content (AvgIpc) is 2.75. The number of ether oxygens (including phenoxy) is 3. The van der Waals surface area contributed by atoms with E-state index in [4.69, 9.17) is 14.2 Å². The summed E-state index contributed by atoms with van der Waals surface area (Å²) in [7, 11) is -0.971. The van der Waals surface area contributed by atoms with Gasteiger partial charge in [0.1, 0.15) is 17.0 Å². The van der Waals surface area contributed by atoms with Gasteiger partial charge in [-0.25, -0.2) is 0 Å². The third kappa shape index (κ3) is 11.0. The molecule has 0 amide bonds. The van der Waals surface area contributed by atoms with Crippen LogP contribution in [-0.4, -0.2) is 58.5 Å². The number of hydrogen-bond acceptors (Lipinski definition) is 4. The van der Waals surface area contributed by atoms with E-state index in [9.17, 15) is 5.11 Å². The lowest BCUT2D eigenvalue weighted by molar-refractivity contribution is -0.0835. The normalized spacial score (nSPS) is 11.5. The van der Waals surface area contributed by atoms with Gasteiger partial charge < -0.3 is 36.3 Å². The Morgan fingerprint density at radius 3 is 1.84 bits per heavy atom. The van der Waals surface area contributed by atoms with Gasteiger partial charge in [0, 0.05) is 19.3 Å². The zero-order valence-electron chi connectivity index (χ0n) is 20.3. The minimum absolute atomic E-state index is 0. The van der Waals surface area contributed by atoms with Crippen LogP contribution in [0.3, 0.4) is 0 Å². The van der Waals surface area contributed by atoms with Crippen LogP contribution in [0.4, 0.5) is 0 Å². The van der Waals surface area contributed by atoms with Crippen molar-refractivity contribution in [1.82, 2.24) is 0 Å². The summed E-state index contributed by atoms with van der Waals surface area (Å²) in [5.74, 6) is 1.12. The summed E-state index contributed by atoms with van der Waals surface area (Å²) in [4.78, 5) is 0. The number of benzene rings is 1. The lowest BCUT2D eigenvalue weighted by Gasteiger charge is -2.29. The Balaban J connectivity index is 0.00000900. The summed E-state index contributed by atoms with van der Waals surface area (Å²) in [6.07, 6.45) is 11.7. The monoisotopic (exact) mass is 534 g/mol. The molecule has 0 aliphatic carbocycles. The third-order valence-electron chi connectivity index (χ3n) is 5.39. The quantitative estimate of drug-likeness (QED) is 0.179. The highest BCUT2D eigenvalue weighted by molar-refractivity contribution is 7.83. The number of aromatic hydroxyl groups is 1. The van der Waals surface area contributed by atoms with Crippen LogP contribution in [0.2, 0.25) is 0 Å². The van der Waals surface area contributed by atoms with E-state index in [0.717, 1.165) is 5.75 Å². The highest BCUT2D eigenvalue weighted by Crippen LogP contribution is 2.61. The van der Waals surface area contributed by atoms with Gasteiger partial charge >= 0.3 is 0 Å². The van der Waals surface area contributed by atoms with Gasteiger partial charge in [-0.05, 0) is 45.2 Å². The molecule has 7 heteroatoms. The van der Waals surface area contributed by atoms with Crippen molar-refractivity contribution in [3.63, 3.8) is 0 Å². The SMILES string of the molecule is CCCC[P+](CCCC)(CCCC)c1cc(O)ccc1OC[Si]C(OCC)OCC.[Br-]. The second-order valence-electron chi connectivity index (χ2n) is 7.76. The van der Waals surface area contributed by atoms with Crippen LogP contribution < -0.4 is 27.0 Å². The highest BCUT2D eigenvalue weighted by atomic mass is 79.9. The number of unbranched alkanes of at least 4 members (excludes halogenated alkanes) is 3. The maximum Gasteiger partial charge on any atom is 0.166 e. The van der Waals surface area contributed by atoms with E-state index in [1.54, 1.807) is 6.07 Å². The van der Waals surface area contributed by atoms with Crippen molar-refractivity contribution >= 4 is 22.1 Å². The van der Waals surface area contributed by atoms with Crippen LogP contribution in [0.25, 0.3) is 0 Å². The van der Waals surface area contributed by atoms with E-state index in [2.05, 4.69) is 20.8 Å². The molecule has 0 aromatic heterocycles. The molecule has 2 radical (unpaired) electrons. The van der Waals surface area contributed by atoms with E-state index in [1.807, 2.05) is 26.0 Å². The molecule has 1 rings (SSSR count). The van der Waals surface area contributed by atoms with E-state index in [0.29, 0.717) is 34.7 Å². The number of phenols is 1. The van der Waals surface area contributed by atoms with Crippen LogP contribution >= 0.6 is 7.26 Å². The van der Waals surface area contributed by atoms with Crippen LogP contribution in [0.15, 0.2) is 18.2 Å². The highest BCUT2D eigenvalue weighted by Gasteiger charge is 2.41. The zero-order valence-corrected chi connectivity index (χ0v) is 23.8. The number of halogens is 1. The Labute approximate surface area is 204 Å². The largest absolute Gasteiger partial charge is 1.00 e. The van der Waals surface area contributed by atoms with Crippen molar-refractivity contribution < 1.29 is 36.3 Å². The maximum absolute atomic E-state index is 10.4. The molecule has 1 aromatic carbocycles. The molecule has 1 aromatic rings. The molecule has 0 saturated carbocycles. The van der Waals surface area contributed by atoms with Gasteiger partial charge in [-0.1, -0.05) is 40.0 Å². The Bertz CT molecular complexity index is 549. The molecule has 180 valence electrons. The molecule has 0 bridgehead atoms. The van der Waals surface area contributed by atoms with Crippen molar-refractivity contribution in [2.45, 2.75) is 79.1 Å². The third-order valence-corrected chi connectivity index (χ3v) is 11.3.